The summed E-state index contributed by atoms with van der Waals surface area (Å²) in [7, 11) is 0. The molecule has 4 atom stereocenters. The van der Waals surface area contributed by atoms with Crippen molar-refractivity contribution in [3.8, 4) is 0 Å². The average molecular weight is 140 g/mol. The molecule has 58 valence electrons. The summed E-state index contributed by atoms with van der Waals surface area (Å²) in [6, 6.07) is 0. The predicted molar refractivity (Wildman–Crippen MR) is 40.6 cm³/mol. The van der Waals surface area contributed by atoms with Crippen LogP contribution < -0.4 is 0 Å². The second-order valence-corrected chi connectivity index (χ2v) is 4.06. The Bertz CT molecular complexity index is 133. The molecule has 0 aromatic heterocycles. The maximum atomic E-state index is 8.93. The highest BCUT2D eigenvalue weighted by Gasteiger charge is 2.49. The first-order chi connectivity index (χ1) is 4.83. The highest BCUT2D eigenvalue weighted by Crippen LogP contribution is 2.57. The lowest BCUT2D eigenvalue weighted by molar-refractivity contribution is 0.178. The van der Waals surface area contributed by atoms with Crippen LogP contribution >= 0.6 is 0 Å². The standard InChI is InChI=1S/C9H16O/c1-6(5-10)8-3-2-7-4-9(7)8/h6-10H,2-5H2,1H3/t6-,7?,8?,9?/m0/s1. The van der Waals surface area contributed by atoms with E-state index >= 15 is 0 Å². The Hall–Kier alpha value is -0.0400. The lowest BCUT2D eigenvalue weighted by atomic mass is 9.90. The van der Waals surface area contributed by atoms with Crippen molar-refractivity contribution in [1.29, 1.82) is 0 Å². The van der Waals surface area contributed by atoms with Gasteiger partial charge in [-0.05, 0) is 42.9 Å². The Morgan fingerprint density at radius 3 is 2.70 bits per heavy atom. The average Bonchev–Trinajstić information content (AvgIpc) is 2.62. The quantitative estimate of drug-likeness (QED) is 0.618. The van der Waals surface area contributed by atoms with Gasteiger partial charge < -0.3 is 5.11 Å². The molecule has 1 nitrogen and oxygen atoms in total. The van der Waals surface area contributed by atoms with Crippen LogP contribution in [0.25, 0.3) is 0 Å². The fraction of sp³-hybridized carbons (Fsp3) is 1.00. The van der Waals surface area contributed by atoms with Crippen LogP contribution in [0.4, 0.5) is 0 Å². The molecule has 3 unspecified atom stereocenters. The van der Waals surface area contributed by atoms with Crippen molar-refractivity contribution in [3.05, 3.63) is 0 Å². The molecule has 0 spiro atoms. The second-order valence-electron chi connectivity index (χ2n) is 4.06. The molecular weight excluding hydrogens is 124 g/mol. The SMILES string of the molecule is C[C@@H](CO)C1CCC2CC21. The van der Waals surface area contributed by atoms with E-state index in [1.54, 1.807) is 0 Å². The topological polar surface area (TPSA) is 20.2 Å². The molecule has 2 rings (SSSR count). The first kappa shape index (κ1) is 6.66. The van der Waals surface area contributed by atoms with Crippen LogP contribution in [0.1, 0.15) is 26.2 Å². The van der Waals surface area contributed by atoms with Gasteiger partial charge in [0, 0.05) is 6.61 Å². The third-order valence-electron chi connectivity index (χ3n) is 3.42. The molecule has 0 aliphatic heterocycles. The van der Waals surface area contributed by atoms with Crippen LogP contribution in [-0.2, 0) is 0 Å². The molecule has 10 heavy (non-hydrogen) atoms. The zero-order chi connectivity index (χ0) is 7.14. The first-order valence-electron chi connectivity index (χ1n) is 4.43. The molecule has 0 radical (unpaired) electrons. The van der Waals surface area contributed by atoms with Gasteiger partial charge in [-0.25, -0.2) is 0 Å². The molecule has 0 saturated heterocycles. The minimum Gasteiger partial charge on any atom is -0.396 e. The lowest BCUT2D eigenvalue weighted by Crippen LogP contribution is -2.14. The zero-order valence-corrected chi connectivity index (χ0v) is 6.59. The third-order valence-corrected chi connectivity index (χ3v) is 3.42. The minimum absolute atomic E-state index is 0.397. The maximum Gasteiger partial charge on any atom is 0.0459 e. The number of hydrogen-bond donors (Lipinski definition) is 1. The summed E-state index contributed by atoms with van der Waals surface area (Å²) in [5.41, 5.74) is 0. The summed E-state index contributed by atoms with van der Waals surface area (Å²) in [5.74, 6) is 3.52. The fourth-order valence-electron chi connectivity index (χ4n) is 2.59. The Labute approximate surface area is 62.4 Å². The van der Waals surface area contributed by atoms with Crippen molar-refractivity contribution in [1.82, 2.24) is 0 Å². The van der Waals surface area contributed by atoms with E-state index < -0.39 is 0 Å². The van der Waals surface area contributed by atoms with Crippen LogP contribution in [0.2, 0.25) is 0 Å². The fourth-order valence-corrected chi connectivity index (χ4v) is 2.59. The van der Waals surface area contributed by atoms with Gasteiger partial charge in [0.2, 0.25) is 0 Å². The monoisotopic (exact) mass is 140 g/mol. The Kier molecular flexibility index (Phi) is 1.48. The summed E-state index contributed by atoms with van der Waals surface area (Å²) < 4.78 is 0. The summed E-state index contributed by atoms with van der Waals surface area (Å²) in [5, 5.41) is 8.93. The van der Waals surface area contributed by atoms with Gasteiger partial charge in [-0.2, -0.15) is 0 Å². The molecular formula is C9H16O. The van der Waals surface area contributed by atoms with E-state index in [-0.39, 0.29) is 0 Å². The molecule has 0 aromatic rings. The highest BCUT2D eigenvalue weighted by atomic mass is 16.3. The largest absolute Gasteiger partial charge is 0.396 e. The van der Waals surface area contributed by atoms with Gasteiger partial charge in [0.05, 0.1) is 0 Å². The van der Waals surface area contributed by atoms with Crippen LogP contribution in [0, 0.1) is 23.7 Å². The minimum atomic E-state index is 0.397. The van der Waals surface area contributed by atoms with Gasteiger partial charge in [0.25, 0.3) is 0 Å². The molecule has 0 heterocycles. The molecule has 1 N–H and O–H groups in total. The van der Waals surface area contributed by atoms with Gasteiger partial charge in [-0.1, -0.05) is 6.92 Å². The van der Waals surface area contributed by atoms with E-state index in [9.17, 15) is 0 Å². The highest BCUT2D eigenvalue weighted by molar-refractivity contribution is 4.98. The van der Waals surface area contributed by atoms with E-state index in [1.807, 2.05) is 0 Å². The molecule has 2 saturated carbocycles. The van der Waals surface area contributed by atoms with Gasteiger partial charge in [-0.15, -0.1) is 0 Å². The number of hydrogen-bond acceptors (Lipinski definition) is 1. The number of aliphatic hydroxyl groups is 1. The number of rotatable bonds is 2. The first-order valence-corrected chi connectivity index (χ1v) is 4.43. The normalized spacial score (nSPS) is 46.8. The third kappa shape index (κ3) is 0.878. The van der Waals surface area contributed by atoms with E-state index in [0.717, 1.165) is 17.8 Å². The molecule has 2 aliphatic rings. The van der Waals surface area contributed by atoms with Gasteiger partial charge >= 0.3 is 0 Å². The van der Waals surface area contributed by atoms with Crippen LogP contribution in [-0.4, -0.2) is 11.7 Å². The molecule has 1 heteroatoms. The lowest BCUT2D eigenvalue weighted by Gasteiger charge is -2.17. The number of fused-ring (bicyclic) bond motifs is 1. The molecule has 0 amide bonds. The van der Waals surface area contributed by atoms with Crippen LogP contribution in [0.15, 0.2) is 0 Å². The summed E-state index contributed by atoms with van der Waals surface area (Å²) in [6.07, 6.45) is 4.30. The smallest absolute Gasteiger partial charge is 0.0459 e. The van der Waals surface area contributed by atoms with Crippen molar-refractivity contribution >= 4 is 0 Å². The Balaban J connectivity index is 1.92. The van der Waals surface area contributed by atoms with Crippen LogP contribution in [0.5, 0.6) is 0 Å². The van der Waals surface area contributed by atoms with Crippen LogP contribution in [0.3, 0.4) is 0 Å². The molecule has 0 aromatic carbocycles. The summed E-state index contributed by atoms with van der Waals surface area (Å²) in [6.45, 7) is 2.58. The second kappa shape index (κ2) is 2.23. The Morgan fingerprint density at radius 1 is 1.50 bits per heavy atom. The molecule has 0 bridgehead atoms. The maximum absolute atomic E-state index is 8.93. The zero-order valence-electron chi connectivity index (χ0n) is 6.59. The van der Waals surface area contributed by atoms with Crippen molar-refractivity contribution in [3.63, 3.8) is 0 Å². The van der Waals surface area contributed by atoms with E-state index in [1.165, 1.54) is 19.3 Å². The summed E-state index contributed by atoms with van der Waals surface area (Å²) >= 11 is 0. The molecule has 2 aliphatic carbocycles. The predicted octanol–water partition coefficient (Wildman–Crippen LogP) is 1.66. The summed E-state index contributed by atoms with van der Waals surface area (Å²) in [4.78, 5) is 0. The van der Waals surface area contributed by atoms with Gasteiger partial charge in [0.15, 0.2) is 0 Å². The van der Waals surface area contributed by atoms with E-state index in [0.29, 0.717) is 12.5 Å². The van der Waals surface area contributed by atoms with Crippen molar-refractivity contribution in [2.45, 2.75) is 26.2 Å². The number of aliphatic hydroxyl groups excluding tert-OH is 1. The van der Waals surface area contributed by atoms with E-state index in [2.05, 4.69) is 6.92 Å². The van der Waals surface area contributed by atoms with Crippen molar-refractivity contribution in [2.24, 2.45) is 23.7 Å². The van der Waals surface area contributed by atoms with Gasteiger partial charge in [-0.3, -0.25) is 0 Å². The van der Waals surface area contributed by atoms with E-state index in [4.69, 9.17) is 5.11 Å². The van der Waals surface area contributed by atoms with Crippen molar-refractivity contribution < 1.29 is 5.11 Å². The van der Waals surface area contributed by atoms with Crippen molar-refractivity contribution in [2.75, 3.05) is 6.61 Å². The van der Waals surface area contributed by atoms with Gasteiger partial charge in [0.1, 0.15) is 0 Å². The molecule has 2 fully saturated rings. The Morgan fingerprint density at radius 2 is 2.30 bits per heavy atom.